The molecule has 7 heteroatoms. The molecular formula is C18H21N3O3S. The average molecular weight is 359 g/mol. The van der Waals surface area contributed by atoms with E-state index in [1.165, 1.54) is 11.3 Å². The van der Waals surface area contributed by atoms with Crippen molar-refractivity contribution < 1.29 is 14.3 Å². The second kappa shape index (κ2) is 7.14. The van der Waals surface area contributed by atoms with Gasteiger partial charge < -0.3 is 14.8 Å². The van der Waals surface area contributed by atoms with E-state index in [9.17, 15) is 4.79 Å². The Morgan fingerprint density at radius 2 is 2.00 bits per heavy atom. The van der Waals surface area contributed by atoms with Crippen molar-refractivity contribution in [2.24, 2.45) is 7.05 Å². The first-order chi connectivity index (χ1) is 12.0. The number of hydrogen-bond acceptors (Lipinski definition) is 5. The van der Waals surface area contributed by atoms with Crippen LogP contribution >= 0.6 is 11.3 Å². The monoisotopic (exact) mass is 359 g/mol. The maximum absolute atomic E-state index is 12.7. The van der Waals surface area contributed by atoms with Crippen LogP contribution in [0.15, 0.2) is 24.3 Å². The van der Waals surface area contributed by atoms with Crippen LogP contribution in [0.5, 0.6) is 11.5 Å². The summed E-state index contributed by atoms with van der Waals surface area (Å²) >= 11 is 1.42. The van der Waals surface area contributed by atoms with Crippen molar-refractivity contribution in [1.29, 1.82) is 0 Å². The maximum Gasteiger partial charge on any atom is 0.265 e. The Hall–Kier alpha value is -2.54. The van der Waals surface area contributed by atoms with E-state index in [2.05, 4.69) is 10.4 Å². The lowest BCUT2D eigenvalue weighted by atomic mass is 10.2. The fraction of sp³-hybridized carbons (Fsp3) is 0.333. The summed E-state index contributed by atoms with van der Waals surface area (Å²) in [5.41, 5.74) is 1.52. The summed E-state index contributed by atoms with van der Waals surface area (Å²) in [6, 6.07) is 7.30. The lowest BCUT2D eigenvalue weighted by Gasteiger charge is -2.13. The van der Waals surface area contributed by atoms with E-state index >= 15 is 0 Å². The molecule has 3 rings (SSSR count). The van der Waals surface area contributed by atoms with Gasteiger partial charge in [0, 0.05) is 18.5 Å². The highest BCUT2D eigenvalue weighted by atomic mass is 32.1. The van der Waals surface area contributed by atoms with Crippen molar-refractivity contribution in [3.63, 3.8) is 0 Å². The summed E-state index contributed by atoms with van der Waals surface area (Å²) < 4.78 is 12.9. The number of fused-ring (bicyclic) bond motifs is 1. The Bertz CT molecular complexity index is 879. The van der Waals surface area contributed by atoms with Crippen LogP contribution < -0.4 is 14.8 Å². The van der Waals surface area contributed by atoms with Crippen molar-refractivity contribution in [3.05, 3.63) is 34.8 Å². The van der Waals surface area contributed by atoms with Gasteiger partial charge in [0.25, 0.3) is 5.91 Å². The van der Waals surface area contributed by atoms with Gasteiger partial charge in [-0.25, -0.2) is 0 Å². The van der Waals surface area contributed by atoms with E-state index in [4.69, 9.17) is 9.47 Å². The summed E-state index contributed by atoms with van der Waals surface area (Å²) in [5.74, 6) is 1.14. The molecule has 2 aromatic heterocycles. The first-order valence-electron chi connectivity index (χ1n) is 8.17. The van der Waals surface area contributed by atoms with Crippen LogP contribution in [0, 0.1) is 6.92 Å². The number of benzene rings is 1. The van der Waals surface area contributed by atoms with Crippen molar-refractivity contribution in [2.75, 3.05) is 18.5 Å². The number of amides is 1. The van der Waals surface area contributed by atoms with Crippen LogP contribution in [0.2, 0.25) is 0 Å². The predicted octanol–water partition coefficient (Wildman–Crippen LogP) is 3.99. The number of ether oxygens (including phenoxy) is 2. The third-order valence-corrected chi connectivity index (χ3v) is 4.93. The van der Waals surface area contributed by atoms with Gasteiger partial charge in [-0.1, -0.05) is 0 Å². The molecule has 0 unspecified atom stereocenters. The Morgan fingerprint density at radius 3 is 2.68 bits per heavy atom. The van der Waals surface area contributed by atoms with E-state index in [0.717, 1.165) is 15.9 Å². The number of anilines is 1. The molecule has 6 nitrogen and oxygen atoms in total. The molecule has 0 atom stereocenters. The summed E-state index contributed by atoms with van der Waals surface area (Å²) in [6.07, 6.45) is 0. The quantitative estimate of drug-likeness (QED) is 0.723. The van der Waals surface area contributed by atoms with Crippen LogP contribution in [0.25, 0.3) is 10.2 Å². The number of hydrogen-bond donors (Lipinski definition) is 1. The van der Waals surface area contributed by atoms with Crippen LogP contribution in [0.4, 0.5) is 5.69 Å². The summed E-state index contributed by atoms with van der Waals surface area (Å²) in [4.78, 5) is 14.3. The van der Waals surface area contributed by atoms with Gasteiger partial charge >= 0.3 is 0 Å². The van der Waals surface area contributed by atoms with Crippen molar-refractivity contribution in [1.82, 2.24) is 9.78 Å². The van der Waals surface area contributed by atoms with E-state index in [-0.39, 0.29) is 5.91 Å². The lowest BCUT2D eigenvalue weighted by molar-refractivity contribution is 0.103. The molecule has 132 valence electrons. The van der Waals surface area contributed by atoms with Gasteiger partial charge in [0.05, 0.1) is 29.5 Å². The fourth-order valence-corrected chi connectivity index (χ4v) is 3.66. The minimum absolute atomic E-state index is 0.171. The average Bonchev–Trinajstić information content (AvgIpc) is 3.12. The second-order valence-corrected chi connectivity index (χ2v) is 6.55. The van der Waals surface area contributed by atoms with Crippen LogP contribution in [-0.4, -0.2) is 28.9 Å². The molecule has 0 fully saturated rings. The van der Waals surface area contributed by atoms with Gasteiger partial charge in [0.1, 0.15) is 16.3 Å². The van der Waals surface area contributed by atoms with Gasteiger partial charge in [0.2, 0.25) is 0 Å². The van der Waals surface area contributed by atoms with Gasteiger partial charge in [-0.05, 0) is 39.0 Å². The number of rotatable bonds is 6. The highest BCUT2D eigenvalue weighted by molar-refractivity contribution is 7.20. The normalized spacial score (nSPS) is 10.9. The highest BCUT2D eigenvalue weighted by Gasteiger charge is 2.17. The lowest BCUT2D eigenvalue weighted by Crippen LogP contribution is -2.11. The number of carbonyl (C=O) groups excluding carboxylic acids is 1. The first-order valence-corrected chi connectivity index (χ1v) is 8.99. The zero-order chi connectivity index (χ0) is 18.0. The molecule has 0 saturated carbocycles. The Balaban J connectivity index is 1.90. The van der Waals surface area contributed by atoms with Gasteiger partial charge in [0.15, 0.2) is 0 Å². The molecule has 0 aliphatic heterocycles. The largest absolute Gasteiger partial charge is 0.494 e. The Morgan fingerprint density at radius 1 is 1.24 bits per heavy atom. The zero-order valence-electron chi connectivity index (χ0n) is 14.8. The first kappa shape index (κ1) is 17.3. The zero-order valence-corrected chi connectivity index (χ0v) is 15.6. The van der Waals surface area contributed by atoms with Crippen molar-refractivity contribution in [3.8, 4) is 11.5 Å². The third kappa shape index (κ3) is 3.46. The molecule has 0 aliphatic carbocycles. The van der Waals surface area contributed by atoms with E-state index in [1.54, 1.807) is 10.7 Å². The maximum atomic E-state index is 12.7. The standard InChI is InChI=1S/C18H21N3O3S/c1-5-23-12-7-8-15(24-6-2)14(9-12)19-17(22)16-10-13-11(3)20-21(4)18(13)25-16/h7-10H,5-6H2,1-4H3,(H,19,22). The molecule has 0 radical (unpaired) electrons. The van der Waals surface area contributed by atoms with E-state index in [1.807, 2.05) is 46.0 Å². The molecular weight excluding hydrogens is 338 g/mol. The van der Waals surface area contributed by atoms with Crippen LogP contribution in [0.3, 0.4) is 0 Å². The van der Waals surface area contributed by atoms with Crippen LogP contribution in [0.1, 0.15) is 29.2 Å². The predicted molar refractivity (Wildman–Crippen MR) is 100 cm³/mol. The molecule has 0 spiro atoms. The molecule has 2 heterocycles. The number of aromatic nitrogens is 2. The van der Waals surface area contributed by atoms with Gasteiger partial charge in [-0.3, -0.25) is 9.48 Å². The van der Waals surface area contributed by atoms with Crippen molar-refractivity contribution in [2.45, 2.75) is 20.8 Å². The third-order valence-electron chi connectivity index (χ3n) is 3.73. The summed E-state index contributed by atoms with van der Waals surface area (Å²) in [5, 5.41) is 8.31. The Kier molecular flexibility index (Phi) is 4.94. The molecule has 0 bridgehead atoms. The highest BCUT2D eigenvalue weighted by Crippen LogP contribution is 2.32. The number of carbonyl (C=O) groups is 1. The molecule has 1 N–H and O–H groups in total. The van der Waals surface area contributed by atoms with Gasteiger partial charge in [-0.2, -0.15) is 5.10 Å². The van der Waals surface area contributed by atoms with Gasteiger partial charge in [-0.15, -0.1) is 11.3 Å². The number of thiophene rings is 1. The molecule has 0 aliphatic rings. The van der Waals surface area contributed by atoms with Crippen molar-refractivity contribution >= 4 is 33.1 Å². The second-order valence-electron chi connectivity index (χ2n) is 5.52. The minimum atomic E-state index is -0.171. The van der Waals surface area contributed by atoms with E-state index < -0.39 is 0 Å². The fourth-order valence-electron chi connectivity index (χ4n) is 2.65. The molecule has 3 aromatic rings. The molecule has 0 saturated heterocycles. The number of nitrogens with zero attached hydrogens (tertiary/aromatic N) is 2. The summed E-state index contributed by atoms with van der Waals surface area (Å²) in [7, 11) is 1.88. The molecule has 1 aromatic carbocycles. The SMILES string of the molecule is CCOc1ccc(OCC)c(NC(=O)c2cc3c(C)nn(C)c3s2)c1. The number of aryl methyl sites for hydroxylation is 2. The van der Waals surface area contributed by atoms with Crippen LogP contribution in [-0.2, 0) is 7.05 Å². The minimum Gasteiger partial charge on any atom is -0.494 e. The summed E-state index contributed by atoms with van der Waals surface area (Å²) in [6.45, 7) is 6.84. The topological polar surface area (TPSA) is 65.4 Å². The Labute approximate surface area is 150 Å². The van der Waals surface area contributed by atoms with E-state index in [0.29, 0.717) is 35.3 Å². The smallest absolute Gasteiger partial charge is 0.265 e. The molecule has 1 amide bonds. The number of nitrogens with one attached hydrogen (secondary N) is 1. The molecule has 25 heavy (non-hydrogen) atoms.